The number of benzene rings is 1. The lowest BCUT2D eigenvalue weighted by atomic mass is 10.1. The minimum Gasteiger partial charge on any atom is -0.378 e. The molecule has 1 N–H and O–H groups in total. The predicted octanol–water partition coefficient (Wildman–Crippen LogP) is 3.52. The van der Waals surface area contributed by atoms with E-state index in [0.29, 0.717) is 19.1 Å². The first-order chi connectivity index (χ1) is 10.1. The fraction of sp³-hybridized carbons (Fsp3) is 0.438. The molecule has 0 saturated heterocycles. The van der Waals surface area contributed by atoms with Crippen LogP contribution >= 0.6 is 11.3 Å². The molecule has 1 heterocycles. The Bertz CT molecular complexity index is 583. The summed E-state index contributed by atoms with van der Waals surface area (Å²) >= 11 is 1.67. The van der Waals surface area contributed by atoms with Gasteiger partial charge in [0.25, 0.3) is 0 Å². The van der Waals surface area contributed by atoms with Crippen molar-refractivity contribution < 1.29 is 9.13 Å². The summed E-state index contributed by atoms with van der Waals surface area (Å²) < 4.78 is 18.5. The van der Waals surface area contributed by atoms with Crippen molar-refractivity contribution in [2.24, 2.45) is 0 Å². The van der Waals surface area contributed by atoms with E-state index in [1.54, 1.807) is 30.6 Å². The van der Waals surface area contributed by atoms with Gasteiger partial charge in [0.2, 0.25) is 0 Å². The summed E-state index contributed by atoms with van der Waals surface area (Å²) in [6, 6.07) is 7.10. The van der Waals surface area contributed by atoms with Crippen molar-refractivity contribution in [2.75, 3.05) is 7.11 Å². The number of nitrogens with one attached hydrogen (secondary N) is 1. The highest BCUT2D eigenvalue weighted by Crippen LogP contribution is 2.22. The lowest BCUT2D eigenvalue weighted by molar-refractivity contribution is 0.181. The third-order valence-corrected chi connectivity index (χ3v) is 4.12. The maximum atomic E-state index is 13.2. The summed E-state index contributed by atoms with van der Waals surface area (Å²) in [5, 5.41) is 4.40. The first-order valence-corrected chi connectivity index (χ1v) is 7.84. The molecule has 1 aromatic heterocycles. The Hall–Kier alpha value is -1.30. The molecule has 5 heteroatoms. The molecule has 0 atom stereocenters. The molecule has 114 valence electrons. The van der Waals surface area contributed by atoms with Crippen molar-refractivity contribution in [1.29, 1.82) is 0 Å². The average Bonchev–Trinajstić information content (AvgIpc) is 2.79. The highest BCUT2D eigenvalue weighted by Gasteiger charge is 2.12. The van der Waals surface area contributed by atoms with Crippen LogP contribution in [-0.2, 0) is 24.3 Å². The Morgan fingerprint density at radius 3 is 2.86 bits per heavy atom. The van der Waals surface area contributed by atoms with Crippen LogP contribution in [0.2, 0.25) is 0 Å². The molecular formula is C16H21FN2OS. The van der Waals surface area contributed by atoms with Crippen molar-refractivity contribution in [3.05, 3.63) is 51.2 Å². The lowest BCUT2D eigenvalue weighted by Crippen LogP contribution is -2.21. The van der Waals surface area contributed by atoms with Gasteiger partial charge in [0.05, 0.1) is 17.3 Å². The average molecular weight is 308 g/mol. The van der Waals surface area contributed by atoms with Crippen LogP contribution in [0.1, 0.15) is 35.0 Å². The molecule has 0 radical (unpaired) electrons. The Labute approximate surface area is 129 Å². The lowest BCUT2D eigenvalue weighted by Gasteiger charge is -2.07. The quantitative estimate of drug-likeness (QED) is 0.850. The molecule has 0 aliphatic heterocycles. The summed E-state index contributed by atoms with van der Waals surface area (Å²) in [5.74, 6) is -0.206. The molecule has 2 aromatic rings. The van der Waals surface area contributed by atoms with Crippen LogP contribution in [0.5, 0.6) is 0 Å². The van der Waals surface area contributed by atoms with Crippen LogP contribution in [0.15, 0.2) is 24.3 Å². The smallest absolute Gasteiger partial charge is 0.123 e. The number of rotatable bonds is 7. The van der Waals surface area contributed by atoms with Gasteiger partial charge < -0.3 is 10.1 Å². The molecule has 0 saturated carbocycles. The zero-order chi connectivity index (χ0) is 15.2. The van der Waals surface area contributed by atoms with Crippen LogP contribution in [0.3, 0.4) is 0 Å². The number of aromatic nitrogens is 1. The highest BCUT2D eigenvalue weighted by molar-refractivity contribution is 7.11. The van der Waals surface area contributed by atoms with Gasteiger partial charge in [-0.25, -0.2) is 9.37 Å². The third-order valence-electron chi connectivity index (χ3n) is 3.02. The molecule has 0 fully saturated rings. The molecule has 0 spiro atoms. The number of nitrogens with zero attached hydrogens (tertiary/aromatic N) is 1. The summed E-state index contributed by atoms with van der Waals surface area (Å²) in [7, 11) is 1.67. The van der Waals surface area contributed by atoms with Crippen LogP contribution in [0.25, 0.3) is 0 Å². The SMILES string of the molecule is COCc1nc(Cc2cccc(F)c2)sc1CNC(C)C. The van der Waals surface area contributed by atoms with Crippen molar-refractivity contribution in [3.8, 4) is 0 Å². The number of ether oxygens (including phenoxy) is 1. The van der Waals surface area contributed by atoms with Crippen LogP contribution in [-0.4, -0.2) is 18.1 Å². The van der Waals surface area contributed by atoms with Gasteiger partial charge in [0.15, 0.2) is 0 Å². The van der Waals surface area contributed by atoms with E-state index in [-0.39, 0.29) is 5.82 Å². The molecule has 2 rings (SSSR count). The van der Waals surface area contributed by atoms with E-state index in [9.17, 15) is 4.39 Å². The first-order valence-electron chi connectivity index (χ1n) is 7.02. The second-order valence-electron chi connectivity index (χ2n) is 5.25. The first kappa shape index (κ1) is 16.1. The summed E-state index contributed by atoms with van der Waals surface area (Å²) in [4.78, 5) is 5.83. The number of thiazole rings is 1. The van der Waals surface area contributed by atoms with Gasteiger partial charge in [-0.3, -0.25) is 0 Å². The molecule has 1 aromatic carbocycles. The Morgan fingerprint density at radius 1 is 1.38 bits per heavy atom. The zero-order valence-corrected chi connectivity index (χ0v) is 13.5. The third kappa shape index (κ3) is 4.88. The molecule has 0 unspecified atom stereocenters. The predicted molar refractivity (Wildman–Crippen MR) is 84.0 cm³/mol. The van der Waals surface area contributed by atoms with E-state index in [0.717, 1.165) is 22.8 Å². The van der Waals surface area contributed by atoms with E-state index in [2.05, 4.69) is 24.1 Å². The summed E-state index contributed by atoms with van der Waals surface area (Å²) in [6.07, 6.45) is 0.654. The zero-order valence-electron chi connectivity index (χ0n) is 12.6. The van der Waals surface area contributed by atoms with Crippen molar-refractivity contribution >= 4 is 11.3 Å². The maximum absolute atomic E-state index is 13.2. The fourth-order valence-electron chi connectivity index (χ4n) is 2.02. The van der Waals surface area contributed by atoms with E-state index >= 15 is 0 Å². The fourth-order valence-corrected chi connectivity index (χ4v) is 3.08. The minimum absolute atomic E-state index is 0.206. The van der Waals surface area contributed by atoms with Crippen molar-refractivity contribution in [2.45, 2.75) is 39.5 Å². The second kappa shape index (κ2) is 7.64. The molecule has 0 bridgehead atoms. The number of methoxy groups -OCH3 is 1. The molecular weight excluding hydrogens is 287 g/mol. The van der Waals surface area contributed by atoms with Gasteiger partial charge in [-0.05, 0) is 17.7 Å². The Kier molecular flexibility index (Phi) is 5.85. The largest absolute Gasteiger partial charge is 0.378 e. The van der Waals surface area contributed by atoms with Gasteiger partial charge in [-0.15, -0.1) is 11.3 Å². The van der Waals surface area contributed by atoms with E-state index in [4.69, 9.17) is 4.74 Å². The van der Waals surface area contributed by atoms with Crippen LogP contribution in [0.4, 0.5) is 4.39 Å². The normalized spacial score (nSPS) is 11.3. The van der Waals surface area contributed by atoms with Gasteiger partial charge in [-0.1, -0.05) is 26.0 Å². The topological polar surface area (TPSA) is 34.1 Å². The molecule has 0 aliphatic carbocycles. The Morgan fingerprint density at radius 2 is 2.19 bits per heavy atom. The molecule has 0 amide bonds. The molecule has 0 aliphatic rings. The van der Waals surface area contributed by atoms with E-state index in [1.165, 1.54) is 10.9 Å². The number of hydrogen-bond acceptors (Lipinski definition) is 4. The Balaban J connectivity index is 2.14. The standard InChI is InChI=1S/C16H21FN2OS/c1-11(2)18-9-15-14(10-20-3)19-16(21-15)8-12-5-4-6-13(17)7-12/h4-7,11,18H,8-10H2,1-3H3. The van der Waals surface area contributed by atoms with Crippen LogP contribution in [0, 0.1) is 5.82 Å². The monoisotopic (exact) mass is 308 g/mol. The van der Waals surface area contributed by atoms with Crippen LogP contribution < -0.4 is 5.32 Å². The van der Waals surface area contributed by atoms with Gasteiger partial charge in [0.1, 0.15) is 5.82 Å². The van der Waals surface area contributed by atoms with Crippen molar-refractivity contribution in [3.63, 3.8) is 0 Å². The number of halogens is 1. The number of hydrogen-bond donors (Lipinski definition) is 1. The molecule has 21 heavy (non-hydrogen) atoms. The van der Waals surface area contributed by atoms with Gasteiger partial charge in [0, 0.05) is 31.0 Å². The van der Waals surface area contributed by atoms with Gasteiger partial charge in [-0.2, -0.15) is 0 Å². The molecule has 3 nitrogen and oxygen atoms in total. The minimum atomic E-state index is -0.206. The highest BCUT2D eigenvalue weighted by atomic mass is 32.1. The summed E-state index contributed by atoms with van der Waals surface area (Å²) in [5.41, 5.74) is 1.91. The summed E-state index contributed by atoms with van der Waals surface area (Å²) in [6.45, 7) is 5.53. The van der Waals surface area contributed by atoms with E-state index < -0.39 is 0 Å². The van der Waals surface area contributed by atoms with Gasteiger partial charge >= 0.3 is 0 Å². The second-order valence-corrected chi connectivity index (χ2v) is 6.42. The van der Waals surface area contributed by atoms with Crippen molar-refractivity contribution in [1.82, 2.24) is 10.3 Å². The van der Waals surface area contributed by atoms with E-state index in [1.807, 2.05) is 6.07 Å². The maximum Gasteiger partial charge on any atom is 0.123 e.